The lowest BCUT2D eigenvalue weighted by molar-refractivity contribution is -0.184. The summed E-state index contributed by atoms with van der Waals surface area (Å²) in [6, 6.07) is 0. The first-order valence-corrected chi connectivity index (χ1v) is 5.19. The van der Waals surface area contributed by atoms with Crippen LogP contribution in [0.2, 0.25) is 0 Å². The van der Waals surface area contributed by atoms with Gasteiger partial charge < -0.3 is 14.9 Å². The molecule has 5 heteroatoms. The Kier molecular flexibility index (Phi) is 3.70. The van der Waals surface area contributed by atoms with Gasteiger partial charge in [0.05, 0.1) is 0 Å². The third-order valence-electron chi connectivity index (χ3n) is 2.72. The number of carboxylic acid groups (broad SMARTS) is 1. The summed E-state index contributed by atoms with van der Waals surface area (Å²) < 4.78 is 4.79. The zero-order valence-electron chi connectivity index (χ0n) is 9.40. The molecule has 5 nitrogen and oxygen atoms in total. The van der Waals surface area contributed by atoms with Crippen LogP contribution in [0.25, 0.3) is 0 Å². The number of rotatable bonds is 5. The predicted octanol–water partition coefficient (Wildman–Crippen LogP) is 1.07. The molecule has 2 N–H and O–H groups in total. The number of carboxylic acids is 1. The van der Waals surface area contributed by atoms with E-state index in [1.807, 2.05) is 0 Å². The van der Waals surface area contributed by atoms with Crippen LogP contribution in [0.5, 0.6) is 0 Å². The SMILES string of the molecule is CC1=CC(=O)OC1(O)CCC(C)CC(=O)O. The molecule has 0 amide bonds. The van der Waals surface area contributed by atoms with Gasteiger partial charge in [0.2, 0.25) is 5.79 Å². The number of hydrogen-bond acceptors (Lipinski definition) is 4. The van der Waals surface area contributed by atoms with Crippen molar-refractivity contribution in [2.75, 3.05) is 0 Å². The molecule has 0 fully saturated rings. The van der Waals surface area contributed by atoms with Crippen molar-refractivity contribution in [1.82, 2.24) is 0 Å². The summed E-state index contributed by atoms with van der Waals surface area (Å²) in [6.45, 7) is 3.40. The summed E-state index contributed by atoms with van der Waals surface area (Å²) in [6.07, 6.45) is 2.02. The number of aliphatic carboxylic acids is 1. The number of carbonyl (C=O) groups excluding carboxylic acids is 1. The maximum absolute atomic E-state index is 10.9. The van der Waals surface area contributed by atoms with Gasteiger partial charge in [-0.25, -0.2) is 4.79 Å². The fourth-order valence-electron chi connectivity index (χ4n) is 1.66. The third-order valence-corrected chi connectivity index (χ3v) is 2.72. The average molecular weight is 228 g/mol. The second-order valence-electron chi connectivity index (χ2n) is 4.27. The highest BCUT2D eigenvalue weighted by Crippen LogP contribution is 2.31. The molecular weight excluding hydrogens is 212 g/mol. The minimum absolute atomic E-state index is 0.0484. The normalized spacial score (nSPS) is 26.2. The van der Waals surface area contributed by atoms with Gasteiger partial charge in [-0.1, -0.05) is 6.92 Å². The molecule has 1 aliphatic rings. The van der Waals surface area contributed by atoms with Crippen LogP contribution in [-0.4, -0.2) is 27.9 Å². The Balaban J connectivity index is 2.46. The first kappa shape index (κ1) is 12.7. The van der Waals surface area contributed by atoms with Gasteiger partial charge in [-0.3, -0.25) is 4.79 Å². The van der Waals surface area contributed by atoms with Crippen LogP contribution in [-0.2, 0) is 14.3 Å². The zero-order valence-corrected chi connectivity index (χ0v) is 9.40. The molecule has 0 radical (unpaired) electrons. The third kappa shape index (κ3) is 3.06. The van der Waals surface area contributed by atoms with Crippen molar-refractivity contribution in [3.05, 3.63) is 11.6 Å². The molecule has 1 aliphatic heterocycles. The van der Waals surface area contributed by atoms with Crippen molar-refractivity contribution < 1.29 is 24.5 Å². The Hall–Kier alpha value is -1.36. The molecule has 90 valence electrons. The summed E-state index contributed by atoms with van der Waals surface area (Å²) in [5.41, 5.74) is 0.472. The molecule has 0 aromatic heterocycles. The molecule has 0 aromatic carbocycles. The van der Waals surface area contributed by atoms with Gasteiger partial charge in [-0.15, -0.1) is 0 Å². The van der Waals surface area contributed by atoms with Gasteiger partial charge in [0.15, 0.2) is 0 Å². The van der Waals surface area contributed by atoms with Gasteiger partial charge in [0, 0.05) is 24.5 Å². The van der Waals surface area contributed by atoms with E-state index < -0.39 is 17.7 Å². The molecule has 0 aromatic rings. The van der Waals surface area contributed by atoms with E-state index >= 15 is 0 Å². The van der Waals surface area contributed by atoms with Crippen molar-refractivity contribution in [2.24, 2.45) is 5.92 Å². The molecule has 0 saturated heterocycles. The molecule has 2 unspecified atom stereocenters. The van der Waals surface area contributed by atoms with Crippen LogP contribution in [0.1, 0.15) is 33.1 Å². The van der Waals surface area contributed by atoms with Crippen LogP contribution < -0.4 is 0 Å². The quantitative estimate of drug-likeness (QED) is 0.687. The van der Waals surface area contributed by atoms with Crippen LogP contribution in [0.3, 0.4) is 0 Å². The van der Waals surface area contributed by atoms with Crippen LogP contribution in [0.15, 0.2) is 11.6 Å². The first-order valence-electron chi connectivity index (χ1n) is 5.19. The zero-order chi connectivity index (χ0) is 12.3. The van der Waals surface area contributed by atoms with Gasteiger partial charge in [0.1, 0.15) is 0 Å². The van der Waals surface area contributed by atoms with Crippen molar-refractivity contribution >= 4 is 11.9 Å². The molecule has 0 spiro atoms. The maximum atomic E-state index is 10.9. The first-order chi connectivity index (χ1) is 7.33. The van der Waals surface area contributed by atoms with E-state index in [0.29, 0.717) is 12.0 Å². The topological polar surface area (TPSA) is 83.8 Å². The number of aliphatic hydroxyl groups is 1. The van der Waals surface area contributed by atoms with E-state index in [2.05, 4.69) is 0 Å². The van der Waals surface area contributed by atoms with Crippen LogP contribution in [0.4, 0.5) is 0 Å². The van der Waals surface area contributed by atoms with E-state index in [4.69, 9.17) is 9.84 Å². The largest absolute Gasteiger partial charge is 0.481 e. The number of hydrogen-bond donors (Lipinski definition) is 2. The lowest BCUT2D eigenvalue weighted by atomic mass is 9.95. The van der Waals surface area contributed by atoms with Gasteiger partial charge in [-0.2, -0.15) is 0 Å². The highest BCUT2D eigenvalue weighted by molar-refractivity contribution is 5.86. The Bertz CT molecular complexity index is 333. The number of esters is 1. The molecule has 1 rings (SSSR count). The van der Waals surface area contributed by atoms with Gasteiger partial charge in [0.25, 0.3) is 0 Å². The van der Waals surface area contributed by atoms with E-state index in [1.165, 1.54) is 6.08 Å². The Morgan fingerprint density at radius 3 is 2.69 bits per heavy atom. The van der Waals surface area contributed by atoms with Crippen LogP contribution in [0, 0.1) is 5.92 Å². The van der Waals surface area contributed by atoms with Crippen molar-refractivity contribution in [1.29, 1.82) is 0 Å². The maximum Gasteiger partial charge on any atom is 0.333 e. The summed E-state index contributed by atoms with van der Waals surface area (Å²) >= 11 is 0. The summed E-state index contributed by atoms with van der Waals surface area (Å²) in [7, 11) is 0. The van der Waals surface area contributed by atoms with E-state index in [1.54, 1.807) is 13.8 Å². The van der Waals surface area contributed by atoms with E-state index in [9.17, 15) is 14.7 Å². The van der Waals surface area contributed by atoms with Crippen LogP contribution >= 0.6 is 0 Å². The minimum atomic E-state index is -1.54. The molecule has 1 heterocycles. The highest BCUT2D eigenvalue weighted by atomic mass is 16.7. The Labute approximate surface area is 93.7 Å². The summed E-state index contributed by atoms with van der Waals surface area (Å²) in [4.78, 5) is 21.4. The lowest BCUT2D eigenvalue weighted by Gasteiger charge is -2.24. The lowest BCUT2D eigenvalue weighted by Crippen LogP contribution is -2.31. The van der Waals surface area contributed by atoms with Crippen molar-refractivity contribution in [3.8, 4) is 0 Å². The van der Waals surface area contributed by atoms with Crippen molar-refractivity contribution in [3.63, 3.8) is 0 Å². The number of carbonyl (C=O) groups is 2. The fourth-order valence-corrected chi connectivity index (χ4v) is 1.66. The van der Waals surface area contributed by atoms with E-state index in [-0.39, 0.29) is 18.8 Å². The standard InChI is InChI=1S/C11H16O5/c1-7(5-9(12)13)3-4-11(15)8(2)6-10(14)16-11/h6-7,15H,3-5H2,1-2H3,(H,12,13). The van der Waals surface area contributed by atoms with E-state index in [0.717, 1.165) is 0 Å². The highest BCUT2D eigenvalue weighted by Gasteiger charge is 2.38. The monoisotopic (exact) mass is 228 g/mol. The number of ether oxygens (including phenoxy) is 1. The Morgan fingerprint density at radius 1 is 1.62 bits per heavy atom. The Morgan fingerprint density at radius 2 is 2.25 bits per heavy atom. The number of cyclic esters (lactones) is 1. The summed E-state index contributed by atoms with van der Waals surface area (Å²) in [5, 5.41) is 18.5. The van der Waals surface area contributed by atoms with Gasteiger partial charge >= 0.3 is 11.9 Å². The second kappa shape index (κ2) is 4.65. The second-order valence-corrected chi connectivity index (χ2v) is 4.27. The molecule has 0 aliphatic carbocycles. The van der Waals surface area contributed by atoms with Crippen molar-refractivity contribution in [2.45, 2.75) is 38.9 Å². The molecule has 16 heavy (non-hydrogen) atoms. The minimum Gasteiger partial charge on any atom is -0.481 e. The average Bonchev–Trinajstić information content (AvgIpc) is 2.37. The fraction of sp³-hybridized carbons (Fsp3) is 0.636. The molecule has 0 bridgehead atoms. The molecule has 2 atom stereocenters. The predicted molar refractivity (Wildman–Crippen MR) is 55.4 cm³/mol. The van der Waals surface area contributed by atoms with Gasteiger partial charge in [-0.05, 0) is 19.3 Å². The summed E-state index contributed by atoms with van der Waals surface area (Å²) in [5.74, 6) is -3.01. The molecular formula is C11H16O5. The smallest absolute Gasteiger partial charge is 0.333 e. The molecule has 0 saturated carbocycles.